The summed E-state index contributed by atoms with van der Waals surface area (Å²) >= 11 is 5.30. The van der Waals surface area contributed by atoms with Crippen molar-refractivity contribution in [2.75, 3.05) is 26.1 Å². The number of ether oxygens (including phenoxy) is 2. The SMILES string of the molecule is CCCCCCCCNC(=S)Nc1ccc(OC)c(OC)c1. The predicted octanol–water partition coefficient (Wildman–Crippen LogP) is 4.35. The van der Waals surface area contributed by atoms with Crippen LogP contribution in [0.1, 0.15) is 45.4 Å². The van der Waals surface area contributed by atoms with E-state index in [9.17, 15) is 0 Å². The van der Waals surface area contributed by atoms with Crippen LogP contribution in [0.2, 0.25) is 0 Å². The third-order valence-electron chi connectivity index (χ3n) is 3.46. The Morgan fingerprint density at radius 1 is 1.00 bits per heavy atom. The van der Waals surface area contributed by atoms with Crippen LogP contribution < -0.4 is 20.1 Å². The van der Waals surface area contributed by atoms with Gasteiger partial charge in [-0.15, -0.1) is 0 Å². The van der Waals surface area contributed by atoms with Gasteiger partial charge in [-0.05, 0) is 30.8 Å². The first-order chi connectivity index (χ1) is 10.7. The second-order valence-electron chi connectivity index (χ2n) is 5.22. The number of nitrogens with one attached hydrogen (secondary N) is 2. The average molecular weight is 324 g/mol. The summed E-state index contributed by atoms with van der Waals surface area (Å²) in [6.45, 7) is 3.14. The molecule has 124 valence electrons. The van der Waals surface area contributed by atoms with E-state index in [1.165, 1.54) is 32.1 Å². The van der Waals surface area contributed by atoms with Crippen LogP contribution in [0.25, 0.3) is 0 Å². The Kier molecular flexibility index (Phi) is 9.39. The molecule has 2 N–H and O–H groups in total. The van der Waals surface area contributed by atoms with Gasteiger partial charge in [0.15, 0.2) is 16.6 Å². The first-order valence-corrected chi connectivity index (χ1v) is 8.39. The van der Waals surface area contributed by atoms with E-state index < -0.39 is 0 Å². The summed E-state index contributed by atoms with van der Waals surface area (Å²) in [5.41, 5.74) is 0.887. The van der Waals surface area contributed by atoms with Crippen LogP contribution in [0, 0.1) is 0 Å². The third-order valence-corrected chi connectivity index (χ3v) is 3.70. The number of benzene rings is 1. The fourth-order valence-electron chi connectivity index (χ4n) is 2.20. The maximum atomic E-state index is 5.30. The molecule has 0 saturated carbocycles. The molecule has 0 unspecified atom stereocenters. The second kappa shape index (κ2) is 11.1. The van der Waals surface area contributed by atoms with Gasteiger partial charge in [0.2, 0.25) is 0 Å². The van der Waals surface area contributed by atoms with E-state index in [2.05, 4.69) is 17.6 Å². The monoisotopic (exact) mass is 324 g/mol. The minimum absolute atomic E-state index is 0.640. The number of hydrogen-bond acceptors (Lipinski definition) is 3. The standard InChI is InChI=1S/C17H28N2O2S/c1-4-5-6-7-8-9-12-18-17(22)19-14-10-11-15(20-2)16(13-14)21-3/h10-11,13H,4-9,12H2,1-3H3,(H2,18,19,22). The summed E-state index contributed by atoms with van der Waals surface area (Å²) in [6.07, 6.45) is 7.68. The number of rotatable bonds is 10. The van der Waals surface area contributed by atoms with Crippen molar-refractivity contribution in [2.24, 2.45) is 0 Å². The first kappa shape index (κ1) is 18.6. The molecule has 0 aromatic heterocycles. The van der Waals surface area contributed by atoms with Crippen molar-refractivity contribution in [2.45, 2.75) is 45.4 Å². The van der Waals surface area contributed by atoms with Gasteiger partial charge < -0.3 is 20.1 Å². The van der Waals surface area contributed by atoms with Crippen LogP contribution in [-0.2, 0) is 0 Å². The van der Waals surface area contributed by atoms with E-state index in [0.29, 0.717) is 16.6 Å². The zero-order chi connectivity index (χ0) is 16.2. The van der Waals surface area contributed by atoms with Crippen molar-refractivity contribution in [1.82, 2.24) is 5.32 Å². The summed E-state index contributed by atoms with van der Waals surface area (Å²) in [4.78, 5) is 0. The predicted molar refractivity (Wildman–Crippen MR) is 97.1 cm³/mol. The van der Waals surface area contributed by atoms with Crippen LogP contribution in [0.3, 0.4) is 0 Å². The van der Waals surface area contributed by atoms with Gasteiger partial charge in [0.1, 0.15) is 0 Å². The van der Waals surface area contributed by atoms with E-state index >= 15 is 0 Å². The van der Waals surface area contributed by atoms with Gasteiger partial charge in [-0.3, -0.25) is 0 Å². The maximum Gasteiger partial charge on any atom is 0.170 e. The van der Waals surface area contributed by atoms with Crippen molar-refractivity contribution >= 4 is 23.0 Å². The van der Waals surface area contributed by atoms with Gasteiger partial charge in [-0.1, -0.05) is 39.0 Å². The molecule has 0 aliphatic rings. The fourth-order valence-corrected chi connectivity index (χ4v) is 2.42. The number of hydrogen-bond donors (Lipinski definition) is 2. The van der Waals surface area contributed by atoms with E-state index in [4.69, 9.17) is 21.7 Å². The molecular formula is C17H28N2O2S. The quantitative estimate of drug-likeness (QED) is 0.495. The topological polar surface area (TPSA) is 42.5 Å². The zero-order valence-corrected chi connectivity index (χ0v) is 14.7. The Morgan fingerprint density at radius 2 is 1.68 bits per heavy atom. The van der Waals surface area contributed by atoms with Crippen molar-refractivity contribution in [1.29, 1.82) is 0 Å². The van der Waals surface area contributed by atoms with Gasteiger partial charge in [-0.25, -0.2) is 0 Å². The highest BCUT2D eigenvalue weighted by Gasteiger charge is 2.05. The van der Waals surface area contributed by atoms with Crippen molar-refractivity contribution in [3.8, 4) is 11.5 Å². The molecule has 0 bridgehead atoms. The molecule has 5 heteroatoms. The van der Waals surface area contributed by atoms with Crippen LogP contribution in [0.15, 0.2) is 18.2 Å². The van der Waals surface area contributed by atoms with Gasteiger partial charge in [-0.2, -0.15) is 0 Å². The van der Waals surface area contributed by atoms with Crippen LogP contribution >= 0.6 is 12.2 Å². The molecule has 0 saturated heterocycles. The normalized spacial score (nSPS) is 10.1. The summed E-state index contributed by atoms with van der Waals surface area (Å²) in [7, 11) is 3.24. The lowest BCUT2D eigenvalue weighted by Gasteiger charge is -2.13. The lowest BCUT2D eigenvalue weighted by molar-refractivity contribution is 0.355. The highest BCUT2D eigenvalue weighted by atomic mass is 32.1. The summed E-state index contributed by atoms with van der Waals surface area (Å²) in [5, 5.41) is 7.04. The number of unbranched alkanes of at least 4 members (excludes halogenated alkanes) is 5. The highest BCUT2D eigenvalue weighted by molar-refractivity contribution is 7.80. The van der Waals surface area contributed by atoms with Gasteiger partial charge in [0, 0.05) is 18.3 Å². The van der Waals surface area contributed by atoms with Gasteiger partial charge >= 0.3 is 0 Å². The van der Waals surface area contributed by atoms with Crippen LogP contribution in [-0.4, -0.2) is 25.9 Å². The molecule has 1 aromatic carbocycles. The lowest BCUT2D eigenvalue weighted by Crippen LogP contribution is -2.29. The van der Waals surface area contributed by atoms with Crippen LogP contribution in [0.4, 0.5) is 5.69 Å². The highest BCUT2D eigenvalue weighted by Crippen LogP contribution is 2.29. The van der Waals surface area contributed by atoms with Crippen molar-refractivity contribution in [3.63, 3.8) is 0 Å². The Hall–Kier alpha value is -1.49. The van der Waals surface area contributed by atoms with Gasteiger partial charge in [0.05, 0.1) is 14.2 Å². The fraction of sp³-hybridized carbons (Fsp3) is 0.588. The molecule has 0 aliphatic carbocycles. The molecule has 22 heavy (non-hydrogen) atoms. The van der Waals surface area contributed by atoms with Crippen molar-refractivity contribution in [3.05, 3.63) is 18.2 Å². The number of thiocarbonyl (C=S) groups is 1. The molecule has 0 amide bonds. The Balaban J connectivity index is 2.27. The molecule has 1 rings (SSSR count). The minimum atomic E-state index is 0.640. The van der Waals surface area contributed by atoms with E-state index in [1.54, 1.807) is 14.2 Å². The summed E-state index contributed by atoms with van der Waals surface area (Å²) in [5.74, 6) is 1.39. The lowest BCUT2D eigenvalue weighted by atomic mass is 10.1. The summed E-state index contributed by atoms with van der Waals surface area (Å²) in [6, 6.07) is 5.65. The molecule has 0 atom stereocenters. The molecule has 1 aromatic rings. The van der Waals surface area contributed by atoms with Crippen LogP contribution in [0.5, 0.6) is 11.5 Å². The number of anilines is 1. The Labute approximate surface area is 139 Å². The zero-order valence-electron chi connectivity index (χ0n) is 13.9. The number of methoxy groups -OCH3 is 2. The van der Waals surface area contributed by atoms with Gasteiger partial charge in [0.25, 0.3) is 0 Å². The Morgan fingerprint density at radius 3 is 2.36 bits per heavy atom. The molecule has 0 radical (unpaired) electrons. The van der Waals surface area contributed by atoms with E-state index in [1.807, 2.05) is 18.2 Å². The van der Waals surface area contributed by atoms with E-state index in [0.717, 1.165) is 18.7 Å². The largest absolute Gasteiger partial charge is 0.493 e. The van der Waals surface area contributed by atoms with Crippen molar-refractivity contribution < 1.29 is 9.47 Å². The van der Waals surface area contributed by atoms with E-state index in [-0.39, 0.29) is 0 Å². The Bertz CT molecular complexity index is 452. The average Bonchev–Trinajstić information content (AvgIpc) is 2.53. The molecule has 0 heterocycles. The molecule has 0 spiro atoms. The molecule has 0 aliphatic heterocycles. The first-order valence-electron chi connectivity index (χ1n) is 7.98. The second-order valence-corrected chi connectivity index (χ2v) is 5.63. The maximum absolute atomic E-state index is 5.30. The molecular weight excluding hydrogens is 296 g/mol. The smallest absolute Gasteiger partial charge is 0.170 e. The molecule has 4 nitrogen and oxygen atoms in total. The minimum Gasteiger partial charge on any atom is -0.493 e. The third kappa shape index (κ3) is 6.98. The molecule has 0 fully saturated rings. The summed E-state index contributed by atoms with van der Waals surface area (Å²) < 4.78 is 10.5.